The first-order chi connectivity index (χ1) is 12.9. The molecular formula is C21H20N2O3S. The van der Waals surface area contributed by atoms with E-state index in [1.54, 1.807) is 13.8 Å². The molecule has 5 nitrogen and oxygen atoms in total. The van der Waals surface area contributed by atoms with E-state index in [2.05, 4.69) is 10.3 Å². The molecule has 0 aliphatic carbocycles. The first kappa shape index (κ1) is 18.8. The van der Waals surface area contributed by atoms with E-state index < -0.39 is 6.10 Å². The lowest BCUT2D eigenvalue weighted by Crippen LogP contribution is -2.30. The molecule has 1 amide bonds. The number of nitrogens with one attached hydrogen (secondary N) is 1. The van der Waals surface area contributed by atoms with Gasteiger partial charge in [0.15, 0.2) is 17.0 Å². The summed E-state index contributed by atoms with van der Waals surface area (Å²) < 4.78 is 5.72. The Morgan fingerprint density at radius 3 is 2.26 bits per heavy atom. The molecule has 3 aromatic rings. The van der Waals surface area contributed by atoms with Gasteiger partial charge in [-0.15, -0.1) is 0 Å². The number of amides is 1. The third kappa shape index (κ3) is 4.60. The molecule has 0 fully saturated rings. The van der Waals surface area contributed by atoms with Gasteiger partial charge in [0, 0.05) is 6.92 Å². The second kappa shape index (κ2) is 8.14. The summed E-state index contributed by atoms with van der Waals surface area (Å²) in [6.45, 7) is 4.90. The van der Waals surface area contributed by atoms with Crippen LogP contribution in [-0.4, -0.2) is 22.8 Å². The zero-order valence-electron chi connectivity index (χ0n) is 15.4. The van der Waals surface area contributed by atoms with Gasteiger partial charge in [0.1, 0.15) is 5.75 Å². The zero-order valence-corrected chi connectivity index (χ0v) is 16.2. The van der Waals surface area contributed by atoms with E-state index in [-0.39, 0.29) is 11.7 Å². The summed E-state index contributed by atoms with van der Waals surface area (Å²) in [5, 5.41) is 3.11. The zero-order chi connectivity index (χ0) is 19.4. The molecule has 0 saturated carbocycles. The van der Waals surface area contributed by atoms with E-state index in [9.17, 15) is 9.59 Å². The SMILES string of the molecule is CC(=O)c1sc(NC(=O)C(C)Oc2ccc(-c3ccccc3)cc2)nc1C. The van der Waals surface area contributed by atoms with E-state index in [1.165, 1.54) is 18.3 Å². The third-order valence-electron chi connectivity index (χ3n) is 3.99. The van der Waals surface area contributed by atoms with Gasteiger partial charge < -0.3 is 4.74 Å². The topological polar surface area (TPSA) is 68.3 Å². The van der Waals surface area contributed by atoms with Crippen LogP contribution in [0.1, 0.15) is 29.2 Å². The number of nitrogens with zero attached hydrogens (tertiary/aromatic N) is 1. The highest BCUT2D eigenvalue weighted by molar-refractivity contribution is 7.17. The smallest absolute Gasteiger partial charge is 0.266 e. The van der Waals surface area contributed by atoms with Crippen LogP contribution >= 0.6 is 11.3 Å². The highest BCUT2D eigenvalue weighted by Crippen LogP contribution is 2.24. The molecule has 1 N–H and O–H groups in total. The first-order valence-electron chi connectivity index (χ1n) is 8.55. The number of hydrogen-bond donors (Lipinski definition) is 1. The lowest BCUT2D eigenvalue weighted by Gasteiger charge is -2.14. The molecule has 0 saturated heterocycles. The minimum absolute atomic E-state index is 0.0618. The average Bonchev–Trinajstić information content (AvgIpc) is 3.03. The standard InChI is InChI=1S/C21H20N2O3S/c1-13-19(14(2)24)27-21(22-13)23-20(25)15(3)26-18-11-9-17(10-12-18)16-7-5-4-6-8-16/h4-12,15H,1-3H3,(H,22,23,25). The minimum atomic E-state index is -0.697. The number of carbonyl (C=O) groups is 2. The average molecular weight is 380 g/mol. The molecule has 1 unspecified atom stereocenters. The second-order valence-corrected chi connectivity index (χ2v) is 7.13. The molecule has 0 bridgehead atoms. The number of ether oxygens (including phenoxy) is 1. The molecule has 1 atom stereocenters. The van der Waals surface area contributed by atoms with Crippen molar-refractivity contribution in [3.63, 3.8) is 0 Å². The number of ketones is 1. The van der Waals surface area contributed by atoms with Crippen molar-refractivity contribution < 1.29 is 14.3 Å². The van der Waals surface area contributed by atoms with Gasteiger partial charge in [-0.25, -0.2) is 4.98 Å². The van der Waals surface area contributed by atoms with Gasteiger partial charge in [-0.05, 0) is 37.1 Å². The molecule has 0 aliphatic rings. The molecule has 138 valence electrons. The lowest BCUT2D eigenvalue weighted by atomic mass is 10.1. The van der Waals surface area contributed by atoms with Crippen molar-refractivity contribution in [2.24, 2.45) is 0 Å². The Labute approximate surface area is 162 Å². The van der Waals surface area contributed by atoms with Crippen LogP contribution < -0.4 is 10.1 Å². The molecule has 1 heterocycles. The Morgan fingerprint density at radius 1 is 1.04 bits per heavy atom. The van der Waals surface area contributed by atoms with Crippen LogP contribution in [-0.2, 0) is 4.79 Å². The van der Waals surface area contributed by atoms with E-state index >= 15 is 0 Å². The van der Waals surface area contributed by atoms with Crippen molar-refractivity contribution in [3.8, 4) is 16.9 Å². The van der Waals surface area contributed by atoms with Crippen LogP contribution in [0.2, 0.25) is 0 Å². The van der Waals surface area contributed by atoms with E-state index in [0.717, 1.165) is 11.1 Å². The summed E-state index contributed by atoms with van der Waals surface area (Å²) in [4.78, 5) is 28.6. The number of rotatable bonds is 6. The van der Waals surface area contributed by atoms with Crippen molar-refractivity contribution in [2.45, 2.75) is 26.9 Å². The quantitative estimate of drug-likeness (QED) is 0.628. The number of anilines is 1. The number of benzene rings is 2. The predicted molar refractivity (Wildman–Crippen MR) is 107 cm³/mol. The molecule has 27 heavy (non-hydrogen) atoms. The normalized spacial score (nSPS) is 11.7. The van der Waals surface area contributed by atoms with E-state index in [4.69, 9.17) is 4.74 Å². The van der Waals surface area contributed by atoms with Crippen LogP contribution in [0.3, 0.4) is 0 Å². The van der Waals surface area contributed by atoms with Crippen molar-refractivity contribution in [1.29, 1.82) is 0 Å². The highest BCUT2D eigenvalue weighted by Gasteiger charge is 2.18. The Balaban J connectivity index is 1.62. The fraction of sp³-hybridized carbons (Fsp3) is 0.190. The molecular weight excluding hydrogens is 360 g/mol. The fourth-order valence-corrected chi connectivity index (χ4v) is 3.46. The largest absolute Gasteiger partial charge is 0.481 e. The van der Waals surface area contributed by atoms with Gasteiger partial charge in [-0.3, -0.25) is 14.9 Å². The Bertz CT molecular complexity index is 949. The second-order valence-electron chi connectivity index (χ2n) is 6.13. The predicted octanol–water partition coefficient (Wildman–Crippen LogP) is 4.73. The Kier molecular flexibility index (Phi) is 5.66. The van der Waals surface area contributed by atoms with Gasteiger partial charge in [0.05, 0.1) is 10.6 Å². The van der Waals surface area contributed by atoms with Crippen LogP contribution in [0.4, 0.5) is 5.13 Å². The summed E-state index contributed by atoms with van der Waals surface area (Å²) in [7, 11) is 0. The van der Waals surface area contributed by atoms with Crippen LogP contribution in [0.15, 0.2) is 54.6 Å². The van der Waals surface area contributed by atoms with E-state index in [1.807, 2.05) is 54.6 Å². The number of carbonyl (C=O) groups excluding carboxylic acids is 2. The molecule has 0 aliphatic heterocycles. The maximum absolute atomic E-state index is 12.3. The Hall–Kier alpha value is -2.99. The minimum Gasteiger partial charge on any atom is -0.481 e. The summed E-state index contributed by atoms with van der Waals surface area (Å²) in [5.74, 6) is 0.233. The molecule has 0 spiro atoms. The molecule has 3 rings (SSSR count). The third-order valence-corrected chi connectivity index (χ3v) is 5.16. The first-order valence-corrected chi connectivity index (χ1v) is 9.37. The van der Waals surface area contributed by atoms with Crippen molar-refractivity contribution in [1.82, 2.24) is 4.98 Å². The molecule has 2 aromatic carbocycles. The van der Waals surface area contributed by atoms with E-state index in [0.29, 0.717) is 21.5 Å². The summed E-state index contributed by atoms with van der Waals surface area (Å²) >= 11 is 1.17. The number of aromatic nitrogens is 1. The molecule has 6 heteroatoms. The van der Waals surface area contributed by atoms with Crippen molar-refractivity contribution >= 4 is 28.2 Å². The van der Waals surface area contributed by atoms with Crippen molar-refractivity contribution in [2.75, 3.05) is 5.32 Å². The number of hydrogen-bond acceptors (Lipinski definition) is 5. The van der Waals surface area contributed by atoms with Crippen LogP contribution in [0.25, 0.3) is 11.1 Å². The maximum atomic E-state index is 12.3. The summed E-state index contributed by atoms with van der Waals surface area (Å²) in [6.07, 6.45) is -0.697. The summed E-state index contributed by atoms with van der Waals surface area (Å²) in [6, 6.07) is 17.6. The van der Waals surface area contributed by atoms with Gasteiger partial charge in [-0.2, -0.15) is 0 Å². The number of Topliss-reactive ketones (excluding diaryl/α,β-unsaturated/α-hetero) is 1. The summed E-state index contributed by atoms with van der Waals surface area (Å²) in [5.41, 5.74) is 2.82. The maximum Gasteiger partial charge on any atom is 0.266 e. The van der Waals surface area contributed by atoms with Gasteiger partial charge in [-0.1, -0.05) is 53.8 Å². The molecule has 0 radical (unpaired) electrons. The van der Waals surface area contributed by atoms with Crippen LogP contribution in [0.5, 0.6) is 5.75 Å². The number of aryl methyl sites for hydroxylation is 1. The molecule has 1 aromatic heterocycles. The fourth-order valence-electron chi connectivity index (χ4n) is 2.60. The van der Waals surface area contributed by atoms with Gasteiger partial charge in [0.25, 0.3) is 5.91 Å². The van der Waals surface area contributed by atoms with Gasteiger partial charge in [0.2, 0.25) is 0 Å². The Morgan fingerprint density at radius 2 is 1.67 bits per heavy atom. The highest BCUT2D eigenvalue weighted by atomic mass is 32.1. The lowest BCUT2D eigenvalue weighted by molar-refractivity contribution is -0.122. The monoisotopic (exact) mass is 380 g/mol. The number of thiazole rings is 1. The van der Waals surface area contributed by atoms with Crippen molar-refractivity contribution in [3.05, 3.63) is 65.2 Å². The van der Waals surface area contributed by atoms with Gasteiger partial charge >= 0.3 is 0 Å². The van der Waals surface area contributed by atoms with Crippen LogP contribution in [0, 0.1) is 6.92 Å².